The number of benzene rings is 1. The number of rotatable bonds is 4. The topological polar surface area (TPSA) is 23.5 Å². The SMILES string of the molecule is CC1(CO)CCN(CCc2ccccc2)CC1. The minimum absolute atomic E-state index is 0.170. The van der Waals surface area contributed by atoms with Gasteiger partial charge in [0.25, 0.3) is 0 Å². The van der Waals surface area contributed by atoms with E-state index in [0.29, 0.717) is 6.61 Å². The molecule has 1 aliphatic heterocycles. The van der Waals surface area contributed by atoms with Crippen LogP contribution in [0.15, 0.2) is 30.3 Å². The van der Waals surface area contributed by atoms with Gasteiger partial charge >= 0.3 is 0 Å². The van der Waals surface area contributed by atoms with Crippen LogP contribution in [0.4, 0.5) is 0 Å². The molecule has 0 spiro atoms. The molecule has 0 bridgehead atoms. The number of hydrogen-bond acceptors (Lipinski definition) is 2. The fourth-order valence-corrected chi connectivity index (χ4v) is 2.41. The monoisotopic (exact) mass is 233 g/mol. The van der Waals surface area contributed by atoms with Gasteiger partial charge in [0.1, 0.15) is 0 Å². The quantitative estimate of drug-likeness (QED) is 0.862. The smallest absolute Gasteiger partial charge is 0.0485 e. The Morgan fingerprint density at radius 2 is 1.82 bits per heavy atom. The highest BCUT2D eigenvalue weighted by atomic mass is 16.3. The van der Waals surface area contributed by atoms with Crippen molar-refractivity contribution in [1.29, 1.82) is 0 Å². The van der Waals surface area contributed by atoms with Gasteiger partial charge in [0, 0.05) is 13.2 Å². The molecular formula is C15H23NO. The van der Waals surface area contributed by atoms with E-state index >= 15 is 0 Å². The number of likely N-dealkylation sites (tertiary alicyclic amines) is 1. The first-order chi connectivity index (χ1) is 8.22. The Kier molecular flexibility index (Phi) is 4.19. The van der Waals surface area contributed by atoms with Crippen LogP contribution in [0.1, 0.15) is 25.3 Å². The predicted molar refractivity (Wildman–Crippen MR) is 71.0 cm³/mol. The summed E-state index contributed by atoms with van der Waals surface area (Å²) in [5.74, 6) is 0. The van der Waals surface area contributed by atoms with Crippen LogP contribution >= 0.6 is 0 Å². The number of aliphatic hydroxyl groups is 1. The number of aliphatic hydroxyl groups excluding tert-OH is 1. The van der Waals surface area contributed by atoms with E-state index in [2.05, 4.69) is 42.2 Å². The molecule has 0 unspecified atom stereocenters. The summed E-state index contributed by atoms with van der Waals surface area (Å²) in [4.78, 5) is 2.52. The third kappa shape index (κ3) is 3.55. The Hall–Kier alpha value is -0.860. The first kappa shape index (κ1) is 12.6. The van der Waals surface area contributed by atoms with Crippen molar-refractivity contribution >= 4 is 0 Å². The lowest BCUT2D eigenvalue weighted by molar-refractivity contribution is 0.0592. The van der Waals surface area contributed by atoms with Crippen molar-refractivity contribution in [3.8, 4) is 0 Å². The van der Waals surface area contributed by atoms with Crippen molar-refractivity contribution in [2.24, 2.45) is 5.41 Å². The molecule has 17 heavy (non-hydrogen) atoms. The highest BCUT2D eigenvalue weighted by molar-refractivity contribution is 5.14. The summed E-state index contributed by atoms with van der Waals surface area (Å²) in [6.45, 7) is 5.93. The van der Waals surface area contributed by atoms with Gasteiger partial charge in [0.2, 0.25) is 0 Å². The summed E-state index contributed by atoms with van der Waals surface area (Å²) in [6, 6.07) is 10.7. The maximum atomic E-state index is 9.33. The molecule has 1 fully saturated rings. The van der Waals surface area contributed by atoms with Crippen molar-refractivity contribution in [2.45, 2.75) is 26.2 Å². The minimum Gasteiger partial charge on any atom is -0.396 e. The standard InChI is InChI=1S/C15H23NO/c1-15(13-17)8-11-16(12-9-15)10-7-14-5-3-2-4-6-14/h2-6,17H,7-13H2,1H3. The summed E-state index contributed by atoms with van der Waals surface area (Å²) in [5, 5.41) is 9.33. The summed E-state index contributed by atoms with van der Waals surface area (Å²) < 4.78 is 0. The molecule has 1 aromatic carbocycles. The number of piperidine rings is 1. The van der Waals surface area contributed by atoms with Gasteiger partial charge in [0.05, 0.1) is 0 Å². The molecule has 1 saturated heterocycles. The molecule has 1 aromatic rings. The van der Waals surface area contributed by atoms with Gasteiger partial charge < -0.3 is 10.0 Å². The number of nitrogens with zero attached hydrogens (tertiary/aromatic N) is 1. The predicted octanol–water partition coefficient (Wildman–Crippen LogP) is 2.32. The Balaban J connectivity index is 1.75. The minimum atomic E-state index is 0.170. The molecule has 2 rings (SSSR count). The summed E-state index contributed by atoms with van der Waals surface area (Å²) in [7, 11) is 0. The van der Waals surface area contributed by atoms with Gasteiger partial charge in [-0.25, -0.2) is 0 Å². The van der Waals surface area contributed by atoms with E-state index in [1.807, 2.05) is 0 Å². The Morgan fingerprint density at radius 3 is 2.41 bits per heavy atom. The second-order valence-electron chi connectivity index (χ2n) is 5.55. The molecule has 2 nitrogen and oxygen atoms in total. The third-order valence-electron chi connectivity index (χ3n) is 4.00. The van der Waals surface area contributed by atoms with E-state index < -0.39 is 0 Å². The zero-order valence-electron chi connectivity index (χ0n) is 10.7. The van der Waals surface area contributed by atoms with E-state index in [1.165, 1.54) is 5.56 Å². The molecule has 0 atom stereocenters. The van der Waals surface area contributed by atoms with Gasteiger partial charge in [-0.1, -0.05) is 37.3 Å². The van der Waals surface area contributed by atoms with Gasteiger partial charge in [-0.05, 0) is 43.3 Å². The van der Waals surface area contributed by atoms with Crippen LogP contribution in [-0.4, -0.2) is 36.2 Å². The average molecular weight is 233 g/mol. The molecule has 0 radical (unpaired) electrons. The molecule has 0 aliphatic carbocycles. The van der Waals surface area contributed by atoms with Gasteiger partial charge in [-0.3, -0.25) is 0 Å². The highest BCUT2D eigenvalue weighted by Crippen LogP contribution is 2.29. The lowest BCUT2D eigenvalue weighted by Gasteiger charge is -2.38. The van der Waals surface area contributed by atoms with E-state index in [0.717, 1.165) is 38.9 Å². The largest absolute Gasteiger partial charge is 0.396 e. The Labute approximate surface area is 104 Å². The maximum absolute atomic E-state index is 9.33. The molecule has 1 aliphatic rings. The Morgan fingerprint density at radius 1 is 1.18 bits per heavy atom. The van der Waals surface area contributed by atoms with Crippen molar-refractivity contribution in [1.82, 2.24) is 4.90 Å². The normalized spacial score (nSPS) is 20.4. The fourth-order valence-electron chi connectivity index (χ4n) is 2.41. The van der Waals surface area contributed by atoms with Crippen LogP contribution in [0.3, 0.4) is 0 Å². The molecule has 0 amide bonds. The number of hydrogen-bond donors (Lipinski definition) is 1. The van der Waals surface area contributed by atoms with Crippen LogP contribution in [0.25, 0.3) is 0 Å². The highest BCUT2D eigenvalue weighted by Gasteiger charge is 2.28. The van der Waals surface area contributed by atoms with Crippen molar-refractivity contribution < 1.29 is 5.11 Å². The van der Waals surface area contributed by atoms with Crippen molar-refractivity contribution in [3.05, 3.63) is 35.9 Å². The van der Waals surface area contributed by atoms with Crippen LogP contribution in [-0.2, 0) is 6.42 Å². The first-order valence-corrected chi connectivity index (χ1v) is 6.59. The van der Waals surface area contributed by atoms with Gasteiger partial charge in [-0.15, -0.1) is 0 Å². The van der Waals surface area contributed by atoms with E-state index in [-0.39, 0.29) is 5.41 Å². The summed E-state index contributed by atoms with van der Waals surface area (Å²) in [6.07, 6.45) is 3.38. The third-order valence-corrected chi connectivity index (χ3v) is 4.00. The zero-order valence-corrected chi connectivity index (χ0v) is 10.7. The van der Waals surface area contributed by atoms with E-state index in [9.17, 15) is 5.11 Å². The van der Waals surface area contributed by atoms with E-state index in [1.54, 1.807) is 0 Å². The lowest BCUT2D eigenvalue weighted by atomic mass is 9.81. The lowest BCUT2D eigenvalue weighted by Crippen LogP contribution is -2.41. The van der Waals surface area contributed by atoms with Crippen molar-refractivity contribution in [2.75, 3.05) is 26.2 Å². The van der Waals surface area contributed by atoms with Crippen LogP contribution in [0.2, 0.25) is 0 Å². The maximum Gasteiger partial charge on any atom is 0.0485 e. The second kappa shape index (κ2) is 5.65. The van der Waals surface area contributed by atoms with Crippen LogP contribution < -0.4 is 0 Å². The fraction of sp³-hybridized carbons (Fsp3) is 0.600. The van der Waals surface area contributed by atoms with Gasteiger partial charge in [-0.2, -0.15) is 0 Å². The molecule has 0 saturated carbocycles. The second-order valence-corrected chi connectivity index (χ2v) is 5.55. The van der Waals surface area contributed by atoms with Crippen molar-refractivity contribution in [3.63, 3.8) is 0 Å². The van der Waals surface area contributed by atoms with Crippen LogP contribution in [0, 0.1) is 5.41 Å². The first-order valence-electron chi connectivity index (χ1n) is 6.59. The van der Waals surface area contributed by atoms with Gasteiger partial charge in [0.15, 0.2) is 0 Å². The summed E-state index contributed by atoms with van der Waals surface area (Å²) >= 11 is 0. The van der Waals surface area contributed by atoms with Crippen LogP contribution in [0.5, 0.6) is 0 Å². The molecule has 0 aromatic heterocycles. The zero-order chi connectivity index (χ0) is 12.1. The van der Waals surface area contributed by atoms with E-state index in [4.69, 9.17) is 0 Å². The molecule has 2 heteroatoms. The summed E-state index contributed by atoms with van der Waals surface area (Å²) in [5.41, 5.74) is 1.59. The molecular weight excluding hydrogens is 210 g/mol. The molecule has 1 N–H and O–H groups in total. The molecule has 94 valence electrons. The molecule has 1 heterocycles. The Bertz CT molecular complexity index is 328. The average Bonchev–Trinajstić information content (AvgIpc) is 2.39.